The molecule has 0 aliphatic heterocycles. The van der Waals surface area contributed by atoms with E-state index in [9.17, 15) is 9.18 Å². The van der Waals surface area contributed by atoms with Gasteiger partial charge >= 0.3 is 0 Å². The summed E-state index contributed by atoms with van der Waals surface area (Å²) in [6.45, 7) is 1.46. The quantitative estimate of drug-likeness (QED) is 0.857. The minimum absolute atomic E-state index is 0.261. The molecule has 1 heterocycles. The molecular formula is C16H14FNO2S. The number of hydrogen-bond donors (Lipinski definition) is 2. The molecule has 0 saturated carbocycles. The summed E-state index contributed by atoms with van der Waals surface area (Å²) in [5.74, 6) is 4.58. The third kappa shape index (κ3) is 3.69. The smallest absolute Gasteiger partial charge is 0.263 e. The summed E-state index contributed by atoms with van der Waals surface area (Å²) in [5, 5.41) is 13.2. The van der Waals surface area contributed by atoms with E-state index in [0.717, 1.165) is 0 Å². The van der Waals surface area contributed by atoms with Gasteiger partial charge in [-0.1, -0.05) is 30.0 Å². The number of aliphatic hydroxyl groups excluding tert-OH is 1. The van der Waals surface area contributed by atoms with Gasteiger partial charge in [-0.15, -0.1) is 11.3 Å². The second kappa shape index (κ2) is 7.02. The molecule has 2 aromatic rings. The van der Waals surface area contributed by atoms with E-state index in [1.54, 1.807) is 36.6 Å². The average Bonchev–Trinajstić information content (AvgIpc) is 2.93. The third-order valence-electron chi connectivity index (χ3n) is 2.89. The Bertz CT molecular complexity index is 700. The first-order valence-electron chi connectivity index (χ1n) is 6.36. The second-order valence-corrected chi connectivity index (χ2v) is 5.26. The molecule has 1 atom stereocenters. The molecule has 0 aliphatic rings. The zero-order valence-electron chi connectivity index (χ0n) is 11.4. The van der Waals surface area contributed by atoms with E-state index in [1.165, 1.54) is 17.4 Å². The highest BCUT2D eigenvalue weighted by atomic mass is 32.1. The van der Waals surface area contributed by atoms with Gasteiger partial charge < -0.3 is 10.4 Å². The van der Waals surface area contributed by atoms with Gasteiger partial charge in [-0.05, 0) is 24.4 Å². The number of carbonyl (C=O) groups excluding carboxylic acids is 1. The summed E-state index contributed by atoms with van der Waals surface area (Å²) in [7, 11) is 0. The van der Waals surface area contributed by atoms with Gasteiger partial charge in [0.2, 0.25) is 0 Å². The van der Waals surface area contributed by atoms with Crippen molar-refractivity contribution in [3.63, 3.8) is 0 Å². The molecule has 5 heteroatoms. The van der Waals surface area contributed by atoms with Crippen molar-refractivity contribution in [2.75, 3.05) is 6.61 Å². The van der Waals surface area contributed by atoms with Gasteiger partial charge in [0.1, 0.15) is 17.3 Å². The first-order chi connectivity index (χ1) is 10.1. The van der Waals surface area contributed by atoms with Gasteiger partial charge in [0.25, 0.3) is 5.91 Å². The van der Waals surface area contributed by atoms with E-state index in [0.29, 0.717) is 16.0 Å². The van der Waals surface area contributed by atoms with Crippen molar-refractivity contribution < 1.29 is 14.3 Å². The molecule has 0 radical (unpaired) electrons. The molecule has 1 aromatic heterocycles. The van der Waals surface area contributed by atoms with Gasteiger partial charge in [0.15, 0.2) is 0 Å². The Morgan fingerprint density at radius 3 is 2.90 bits per heavy atom. The molecule has 0 saturated heterocycles. The van der Waals surface area contributed by atoms with E-state index < -0.39 is 6.04 Å². The van der Waals surface area contributed by atoms with Gasteiger partial charge in [0, 0.05) is 11.1 Å². The Balaban J connectivity index is 2.15. The average molecular weight is 303 g/mol. The van der Waals surface area contributed by atoms with Crippen LogP contribution in [-0.2, 0) is 0 Å². The molecule has 3 nitrogen and oxygen atoms in total. The maximum Gasteiger partial charge on any atom is 0.263 e. The van der Waals surface area contributed by atoms with Crippen LogP contribution in [0.4, 0.5) is 4.39 Å². The van der Waals surface area contributed by atoms with Crippen molar-refractivity contribution in [3.8, 4) is 11.8 Å². The highest BCUT2D eigenvalue weighted by Gasteiger charge is 2.17. The van der Waals surface area contributed by atoms with Crippen molar-refractivity contribution in [2.24, 2.45) is 0 Å². The van der Waals surface area contributed by atoms with E-state index in [2.05, 4.69) is 17.2 Å². The monoisotopic (exact) mass is 303 g/mol. The minimum atomic E-state index is -0.445. The number of hydrogen-bond acceptors (Lipinski definition) is 3. The highest BCUT2D eigenvalue weighted by Crippen LogP contribution is 2.20. The zero-order valence-corrected chi connectivity index (χ0v) is 12.2. The van der Waals surface area contributed by atoms with E-state index in [-0.39, 0.29) is 18.3 Å². The van der Waals surface area contributed by atoms with Crippen molar-refractivity contribution >= 4 is 17.2 Å². The van der Waals surface area contributed by atoms with Crippen molar-refractivity contribution in [1.29, 1.82) is 0 Å². The maximum atomic E-state index is 13.7. The zero-order chi connectivity index (χ0) is 15.2. The van der Waals surface area contributed by atoms with Gasteiger partial charge in [-0.2, -0.15) is 0 Å². The van der Waals surface area contributed by atoms with E-state index in [4.69, 9.17) is 5.11 Å². The molecule has 0 bridgehead atoms. The van der Waals surface area contributed by atoms with Gasteiger partial charge in [-0.25, -0.2) is 4.39 Å². The molecule has 0 aliphatic carbocycles. The number of halogens is 1. The van der Waals surface area contributed by atoms with Gasteiger partial charge in [0.05, 0.1) is 6.04 Å². The molecular weight excluding hydrogens is 289 g/mol. The van der Waals surface area contributed by atoms with Crippen molar-refractivity contribution in [2.45, 2.75) is 13.0 Å². The molecule has 0 fully saturated rings. The molecule has 2 rings (SSSR count). The Labute approximate surface area is 126 Å². The largest absolute Gasteiger partial charge is 0.384 e. The van der Waals surface area contributed by atoms with Crippen LogP contribution in [0.25, 0.3) is 0 Å². The van der Waals surface area contributed by atoms with Crippen LogP contribution in [0.2, 0.25) is 0 Å². The predicted molar refractivity (Wildman–Crippen MR) is 80.6 cm³/mol. The van der Waals surface area contributed by atoms with E-state index in [1.807, 2.05) is 0 Å². The molecule has 2 N–H and O–H groups in total. The molecule has 1 aromatic carbocycles. The highest BCUT2D eigenvalue weighted by molar-refractivity contribution is 7.12. The van der Waals surface area contributed by atoms with E-state index >= 15 is 0 Å². The summed E-state index contributed by atoms with van der Waals surface area (Å²) in [5.41, 5.74) is 0.998. The number of carbonyl (C=O) groups is 1. The number of benzene rings is 1. The summed E-state index contributed by atoms with van der Waals surface area (Å²) >= 11 is 1.26. The van der Waals surface area contributed by atoms with Crippen LogP contribution >= 0.6 is 11.3 Å². The summed E-state index contributed by atoms with van der Waals surface area (Å²) < 4.78 is 13.7. The lowest BCUT2D eigenvalue weighted by Gasteiger charge is -2.14. The molecule has 1 amide bonds. The second-order valence-electron chi connectivity index (χ2n) is 4.34. The summed E-state index contributed by atoms with van der Waals surface area (Å²) in [6.07, 6.45) is 0. The summed E-state index contributed by atoms with van der Waals surface area (Å²) in [4.78, 5) is 12.7. The van der Waals surface area contributed by atoms with Crippen LogP contribution in [0.1, 0.15) is 33.8 Å². The third-order valence-corrected chi connectivity index (χ3v) is 3.81. The molecule has 0 spiro atoms. The van der Waals surface area contributed by atoms with Crippen LogP contribution in [-0.4, -0.2) is 17.6 Å². The fourth-order valence-electron chi connectivity index (χ4n) is 1.88. The first kappa shape index (κ1) is 15.2. The lowest BCUT2D eigenvalue weighted by atomic mass is 10.1. The first-order valence-corrected chi connectivity index (χ1v) is 7.24. The number of thiophene rings is 1. The number of nitrogens with one attached hydrogen (secondary N) is 1. The van der Waals surface area contributed by atoms with Crippen molar-refractivity contribution in [1.82, 2.24) is 5.32 Å². The number of amides is 1. The Morgan fingerprint density at radius 1 is 1.43 bits per heavy atom. The topological polar surface area (TPSA) is 49.3 Å². The van der Waals surface area contributed by atoms with Crippen LogP contribution in [0, 0.1) is 17.7 Å². The Morgan fingerprint density at radius 2 is 2.19 bits per heavy atom. The number of aliphatic hydroxyl groups is 1. The lowest BCUT2D eigenvalue weighted by molar-refractivity contribution is 0.0943. The van der Waals surface area contributed by atoms with Gasteiger partial charge in [-0.3, -0.25) is 4.79 Å². The number of rotatable bonds is 3. The Hall–Kier alpha value is -2.16. The SMILES string of the molecule is CC(NC(=O)c1sccc1C#CCO)c1ccccc1F. The Kier molecular flexibility index (Phi) is 5.09. The molecule has 1 unspecified atom stereocenters. The van der Waals surface area contributed by atoms with Crippen LogP contribution in [0.3, 0.4) is 0 Å². The molecule has 21 heavy (non-hydrogen) atoms. The van der Waals surface area contributed by atoms with Crippen LogP contribution < -0.4 is 5.32 Å². The standard InChI is InChI=1S/C16H14FNO2S/c1-11(13-6-2-3-7-14(13)17)18-16(20)15-12(5-4-9-19)8-10-21-15/h2-3,6-8,10-11,19H,9H2,1H3,(H,18,20). The summed E-state index contributed by atoms with van der Waals surface area (Å²) in [6, 6.07) is 7.61. The van der Waals surface area contributed by atoms with Crippen molar-refractivity contribution in [3.05, 3.63) is 57.5 Å². The fraction of sp³-hybridized carbons (Fsp3) is 0.188. The van der Waals surface area contributed by atoms with Crippen LogP contribution in [0.5, 0.6) is 0 Å². The molecule has 108 valence electrons. The normalized spacial score (nSPS) is 11.4. The minimum Gasteiger partial charge on any atom is -0.384 e. The van der Waals surface area contributed by atoms with Crippen LogP contribution in [0.15, 0.2) is 35.7 Å². The lowest BCUT2D eigenvalue weighted by Crippen LogP contribution is -2.27. The predicted octanol–water partition coefficient (Wildman–Crippen LogP) is 2.72. The maximum absolute atomic E-state index is 13.7. The fourth-order valence-corrected chi connectivity index (χ4v) is 2.64.